The molecular weight excluding hydrogens is 302 g/mol. The minimum absolute atomic E-state index is 0.796. The highest BCUT2D eigenvalue weighted by atomic mass is 16.5. The molecule has 0 atom stereocenters. The number of hydrogen-bond donors (Lipinski definition) is 1. The van der Waals surface area contributed by atoms with E-state index in [-0.39, 0.29) is 0 Å². The van der Waals surface area contributed by atoms with Gasteiger partial charge in [0, 0.05) is 25.2 Å². The average molecular weight is 325 g/mol. The summed E-state index contributed by atoms with van der Waals surface area (Å²) < 4.78 is 10.9. The minimum Gasteiger partial charge on any atom is -0.496 e. The number of morpholine rings is 1. The third kappa shape index (κ3) is 4.57. The molecule has 3 rings (SSSR count). The van der Waals surface area contributed by atoms with Gasteiger partial charge in [0.2, 0.25) is 0 Å². The largest absolute Gasteiger partial charge is 0.496 e. The normalized spacial score (nSPS) is 15.5. The van der Waals surface area contributed by atoms with Gasteiger partial charge in [-0.3, -0.25) is 10.3 Å². The first-order chi connectivity index (χ1) is 11.8. The Morgan fingerprint density at radius 1 is 1.17 bits per heavy atom. The van der Waals surface area contributed by atoms with Crippen LogP contribution in [0.4, 0.5) is 5.69 Å². The molecule has 2 aromatic rings. The Kier molecular flexibility index (Phi) is 5.82. The van der Waals surface area contributed by atoms with Gasteiger partial charge in [-0.15, -0.1) is 0 Å². The zero-order valence-corrected chi connectivity index (χ0v) is 13.9. The Balaban J connectivity index is 1.68. The maximum atomic E-state index is 5.50. The smallest absolute Gasteiger partial charge is 0.123 e. The molecule has 0 bridgehead atoms. The van der Waals surface area contributed by atoms with Crippen LogP contribution < -0.4 is 10.2 Å². The molecule has 24 heavy (non-hydrogen) atoms. The molecule has 0 saturated carbocycles. The van der Waals surface area contributed by atoms with Crippen molar-refractivity contribution in [1.82, 2.24) is 4.90 Å². The molecule has 0 aromatic heterocycles. The van der Waals surface area contributed by atoms with Gasteiger partial charge in [0.25, 0.3) is 0 Å². The van der Waals surface area contributed by atoms with E-state index in [9.17, 15) is 0 Å². The lowest BCUT2D eigenvalue weighted by molar-refractivity contribution is 0.0339. The lowest BCUT2D eigenvalue weighted by atomic mass is 10.1. The van der Waals surface area contributed by atoms with Crippen LogP contribution in [0.5, 0.6) is 5.75 Å². The van der Waals surface area contributed by atoms with Gasteiger partial charge in [0.15, 0.2) is 0 Å². The van der Waals surface area contributed by atoms with Crippen molar-refractivity contribution < 1.29 is 9.47 Å². The van der Waals surface area contributed by atoms with E-state index in [1.807, 2.05) is 48.7 Å². The van der Waals surface area contributed by atoms with Gasteiger partial charge < -0.3 is 9.47 Å². The first-order valence-electron chi connectivity index (χ1n) is 8.16. The van der Waals surface area contributed by atoms with Crippen molar-refractivity contribution in [2.24, 2.45) is 5.10 Å². The summed E-state index contributed by atoms with van der Waals surface area (Å²) in [6.45, 7) is 4.36. The van der Waals surface area contributed by atoms with Crippen LogP contribution in [-0.2, 0) is 11.3 Å². The molecule has 1 saturated heterocycles. The van der Waals surface area contributed by atoms with Gasteiger partial charge >= 0.3 is 0 Å². The molecule has 0 radical (unpaired) electrons. The van der Waals surface area contributed by atoms with Gasteiger partial charge in [0.1, 0.15) is 5.75 Å². The lowest BCUT2D eigenvalue weighted by Crippen LogP contribution is -2.35. The zero-order valence-electron chi connectivity index (χ0n) is 13.9. The highest BCUT2D eigenvalue weighted by molar-refractivity contribution is 5.81. The summed E-state index contributed by atoms with van der Waals surface area (Å²) in [5.41, 5.74) is 6.22. The number of hydrogen-bond acceptors (Lipinski definition) is 5. The molecule has 1 fully saturated rings. The molecular formula is C19H23N3O2. The number of nitrogens with one attached hydrogen (secondary N) is 1. The third-order valence-corrected chi connectivity index (χ3v) is 3.98. The van der Waals surface area contributed by atoms with Gasteiger partial charge in [-0.2, -0.15) is 5.10 Å². The summed E-state index contributed by atoms with van der Waals surface area (Å²) in [7, 11) is 1.71. The predicted octanol–water partition coefficient (Wildman–Crippen LogP) is 2.97. The summed E-state index contributed by atoms with van der Waals surface area (Å²) >= 11 is 0. The number of para-hydroxylation sites is 1. The predicted molar refractivity (Wildman–Crippen MR) is 96.7 cm³/mol. The van der Waals surface area contributed by atoms with Crippen LogP contribution in [0.25, 0.3) is 0 Å². The number of anilines is 1. The Labute approximate surface area is 142 Å². The standard InChI is InChI=1S/C19H23N3O2/c1-23-19-8-7-16(14-20-21-18-5-3-2-4-6-18)13-17(19)15-22-9-11-24-12-10-22/h2-8,13-14,21H,9-12,15H2,1H3/b20-14+. The van der Waals surface area contributed by atoms with Crippen LogP contribution in [0.2, 0.25) is 0 Å². The Hall–Kier alpha value is -2.37. The van der Waals surface area contributed by atoms with Gasteiger partial charge in [0.05, 0.1) is 32.2 Å². The molecule has 5 nitrogen and oxygen atoms in total. The number of benzene rings is 2. The molecule has 1 aliphatic rings. The second-order valence-corrected chi connectivity index (χ2v) is 5.70. The molecule has 2 aromatic carbocycles. The zero-order chi connectivity index (χ0) is 16.6. The van der Waals surface area contributed by atoms with E-state index < -0.39 is 0 Å². The van der Waals surface area contributed by atoms with Crippen molar-refractivity contribution in [3.05, 3.63) is 59.7 Å². The second-order valence-electron chi connectivity index (χ2n) is 5.70. The number of hydrazone groups is 1. The fourth-order valence-electron chi connectivity index (χ4n) is 2.70. The summed E-state index contributed by atoms with van der Waals surface area (Å²) in [5, 5.41) is 4.31. The number of nitrogens with zero attached hydrogens (tertiary/aromatic N) is 2. The van der Waals surface area contributed by atoms with E-state index in [0.717, 1.165) is 49.8 Å². The molecule has 5 heteroatoms. The van der Waals surface area contributed by atoms with Crippen LogP contribution in [0.15, 0.2) is 53.6 Å². The average Bonchev–Trinajstić information content (AvgIpc) is 2.64. The fraction of sp³-hybridized carbons (Fsp3) is 0.316. The molecule has 0 spiro atoms. The van der Waals surface area contributed by atoms with Gasteiger partial charge in [-0.05, 0) is 35.9 Å². The van der Waals surface area contributed by atoms with E-state index in [4.69, 9.17) is 9.47 Å². The SMILES string of the molecule is COc1ccc(/C=N/Nc2ccccc2)cc1CN1CCOCC1. The molecule has 1 heterocycles. The van der Waals surface area contributed by atoms with E-state index in [0.29, 0.717) is 0 Å². The van der Waals surface area contributed by atoms with Crippen LogP contribution >= 0.6 is 0 Å². The van der Waals surface area contributed by atoms with Crippen LogP contribution in [0.3, 0.4) is 0 Å². The molecule has 126 valence electrons. The van der Waals surface area contributed by atoms with Crippen molar-refractivity contribution >= 4 is 11.9 Å². The third-order valence-electron chi connectivity index (χ3n) is 3.98. The van der Waals surface area contributed by atoms with Crippen molar-refractivity contribution in [2.45, 2.75) is 6.54 Å². The van der Waals surface area contributed by atoms with Gasteiger partial charge in [-0.25, -0.2) is 0 Å². The molecule has 0 unspecified atom stereocenters. The van der Waals surface area contributed by atoms with Crippen molar-refractivity contribution in [3.63, 3.8) is 0 Å². The molecule has 0 amide bonds. The fourth-order valence-corrected chi connectivity index (χ4v) is 2.70. The monoisotopic (exact) mass is 325 g/mol. The maximum absolute atomic E-state index is 5.50. The quantitative estimate of drug-likeness (QED) is 0.655. The number of rotatable bonds is 6. The summed E-state index contributed by atoms with van der Waals surface area (Å²) in [6.07, 6.45) is 1.83. The second kappa shape index (κ2) is 8.47. The Morgan fingerprint density at radius 2 is 1.96 bits per heavy atom. The number of ether oxygens (including phenoxy) is 2. The van der Waals surface area contributed by atoms with E-state index in [1.54, 1.807) is 7.11 Å². The minimum atomic E-state index is 0.796. The van der Waals surface area contributed by atoms with E-state index >= 15 is 0 Å². The first kappa shape index (κ1) is 16.5. The Morgan fingerprint density at radius 3 is 2.71 bits per heavy atom. The van der Waals surface area contributed by atoms with E-state index in [1.165, 1.54) is 5.56 Å². The number of methoxy groups -OCH3 is 1. The summed E-state index contributed by atoms with van der Waals surface area (Å²) in [5.74, 6) is 0.912. The topological polar surface area (TPSA) is 46.1 Å². The van der Waals surface area contributed by atoms with Crippen LogP contribution in [-0.4, -0.2) is 44.5 Å². The van der Waals surface area contributed by atoms with Crippen molar-refractivity contribution in [2.75, 3.05) is 38.8 Å². The van der Waals surface area contributed by atoms with E-state index in [2.05, 4.69) is 21.5 Å². The molecule has 1 N–H and O–H groups in total. The highest BCUT2D eigenvalue weighted by Gasteiger charge is 2.13. The van der Waals surface area contributed by atoms with Crippen LogP contribution in [0.1, 0.15) is 11.1 Å². The summed E-state index contributed by atoms with van der Waals surface area (Å²) in [6, 6.07) is 16.0. The molecule has 0 aliphatic carbocycles. The first-order valence-corrected chi connectivity index (χ1v) is 8.16. The maximum Gasteiger partial charge on any atom is 0.123 e. The van der Waals surface area contributed by atoms with Crippen molar-refractivity contribution in [1.29, 1.82) is 0 Å². The lowest BCUT2D eigenvalue weighted by Gasteiger charge is -2.27. The van der Waals surface area contributed by atoms with Gasteiger partial charge in [-0.1, -0.05) is 18.2 Å². The summed E-state index contributed by atoms with van der Waals surface area (Å²) in [4.78, 5) is 2.38. The highest BCUT2D eigenvalue weighted by Crippen LogP contribution is 2.21. The molecule has 1 aliphatic heterocycles. The van der Waals surface area contributed by atoms with Crippen LogP contribution in [0, 0.1) is 0 Å². The van der Waals surface area contributed by atoms with Crippen molar-refractivity contribution in [3.8, 4) is 5.75 Å². The Bertz CT molecular complexity index is 668.